The van der Waals surface area contributed by atoms with Crippen molar-refractivity contribution >= 4 is 40.8 Å². The Morgan fingerprint density at radius 3 is 2.75 bits per heavy atom. The Hall–Kier alpha value is -1.76. The number of morpholine rings is 1. The van der Waals surface area contributed by atoms with Crippen LogP contribution in [0.25, 0.3) is 0 Å². The fourth-order valence-corrected chi connectivity index (χ4v) is 3.09. The third-order valence-electron chi connectivity index (χ3n) is 3.76. The van der Waals surface area contributed by atoms with Gasteiger partial charge in [0, 0.05) is 18.0 Å². The minimum absolute atomic E-state index is 0.239. The number of thioether (sulfide) groups is 1. The van der Waals surface area contributed by atoms with E-state index in [2.05, 4.69) is 15.2 Å². The summed E-state index contributed by atoms with van der Waals surface area (Å²) in [5.74, 6) is 0.649. The molecule has 0 spiro atoms. The maximum absolute atomic E-state index is 12.4. The average molecular weight is 364 g/mol. The summed E-state index contributed by atoms with van der Waals surface area (Å²) in [7, 11) is 0. The van der Waals surface area contributed by atoms with Gasteiger partial charge in [-0.3, -0.25) is 4.79 Å². The Morgan fingerprint density at radius 1 is 1.29 bits per heavy atom. The van der Waals surface area contributed by atoms with Crippen LogP contribution in [0, 0.1) is 0 Å². The first-order valence-electron chi connectivity index (χ1n) is 7.61. The van der Waals surface area contributed by atoms with Crippen molar-refractivity contribution in [3.05, 3.63) is 47.1 Å². The summed E-state index contributed by atoms with van der Waals surface area (Å²) >= 11 is 7.70. The van der Waals surface area contributed by atoms with Gasteiger partial charge in [0.25, 0.3) is 5.91 Å². The van der Waals surface area contributed by atoms with E-state index in [1.54, 1.807) is 30.1 Å². The lowest BCUT2D eigenvalue weighted by molar-refractivity contribution is 0.102. The smallest absolute Gasteiger partial charge is 0.257 e. The van der Waals surface area contributed by atoms with Crippen molar-refractivity contribution in [3.63, 3.8) is 0 Å². The van der Waals surface area contributed by atoms with Gasteiger partial charge in [0.1, 0.15) is 5.82 Å². The van der Waals surface area contributed by atoms with E-state index in [4.69, 9.17) is 16.3 Å². The standard InChI is InChI=1S/C17H18ClN3O2S/c1-24-13-3-4-15(18)14(10-13)17(22)20-12-2-5-16(19-11-12)21-6-8-23-9-7-21/h2-5,10-11H,6-9H2,1H3,(H,20,22). The number of carbonyl (C=O) groups is 1. The lowest BCUT2D eigenvalue weighted by Gasteiger charge is -2.27. The van der Waals surface area contributed by atoms with Crippen molar-refractivity contribution in [2.75, 3.05) is 42.8 Å². The van der Waals surface area contributed by atoms with Gasteiger partial charge >= 0.3 is 0 Å². The molecule has 126 valence electrons. The van der Waals surface area contributed by atoms with Gasteiger partial charge in [0.05, 0.1) is 35.7 Å². The molecule has 1 saturated heterocycles. The number of carbonyl (C=O) groups excluding carboxylic acids is 1. The van der Waals surface area contributed by atoms with Crippen molar-refractivity contribution < 1.29 is 9.53 Å². The topological polar surface area (TPSA) is 54.5 Å². The third-order valence-corrected chi connectivity index (χ3v) is 4.81. The number of anilines is 2. The van der Waals surface area contributed by atoms with Gasteiger partial charge in [0.15, 0.2) is 0 Å². The van der Waals surface area contributed by atoms with Gasteiger partial charge in [-0.1, -0.05) is 11.6 Å². The van der Waals surface area contributed by atoms with Gasteiger partial charge < -0.3 is 15.0 Å². The normalized spacial score (nSPS) is 14.5. The number of amides is 1. The summed E-state index contributed by atoms with van der Waals surface area (Å²) < 4.78 is 5.34. The van der Waals surface area contributed by atoms with Gasteiger partial charge in [-0.05, 0) is 36.6 Å². The van der Waals surface area contributed by atoms with Crippen LogP contribution in [0.5, 0.6) is 0 Å². The highest BCUT2D eigenvalue weighted by Gasteiger charge is 2.14. The largest absolute Gasteiger partial charge is 0.378 e. The molecule has 1 fully saturated rings. The van der Waals surface area contributed by atoms with Crippen molar-refractivity contribution in [2.24, 2.45) is 0 Å². The monoisotopic (exact) mass is 363 g/mol. The number of hydrogen-bond donors (Lipinski definition) is 1. The molecule has 24 heavy (non-hydrogen) atoms. The van der Waals surface area contributed by atoms with Crippen LogP contribution in [-0.4, -0.2) is 43.5 Å². The van der Waals surface area contributed by atoms with Crippen molar-refractivity contribution in [1.82, 2.24) is 4.98 Å². The van der Waals surface area contributed by atoms with Crippen molar-refractivity contribution in [1.29, 1.82) is 0 Å². The van der Waals surface area contributed by atoms with E-state index in [1.165, 1.54) is 0 Å². The molecule has 0 unspecified atom stereocenters. The molecule has 2 aromatic rings. The predicted molar refractivity (Wildman–Crippen MR) is 98.5 cm³/mol. The summed E-state index contributed by atoms with van der Waals surface area (Å²) in [5, 5.41) is 3.28. The summed E-state index contributed by atoms with van der Waals surface area (Å²) in [4.78, 5) is 20.0. The highest BCUT2D eigenvalue weighted by Crippen LogP contribution is 2.24. The molecule has 0 saturated carbocycles. The maximum atomic E-state index is 12.4. The Balaban J connectivity index is 1.70. The molecule has 5 nitrogen and oxygen atoms in total. The molecule has 0 bridgehead atoms. The molecule has 3 rings (SSSR count). The molecule has 0 aliphatic carbocycles. The summed E-state index contributed by atoms with van der Waals surface area (Å²) in [6, 6.07) is 9.17. The van der Waals surface area contributed by atoms with E-state index >= 15 is 0 Å². The number of ether oxygens (including phenoxy) is 1. The van der Waals surface area contributed by atoms with Gasteiger partial charge in [0.2, 0.25) is 0 Å². The molecule has 0 atom stereocenters. The number of nitrogens with one attached hydrogen (secondary N) is 1. The van der Waals surface area contributed by atoms with E-state index in [0.717, 1.165) is 23.8 Å². The molecule has 1 N–H and O–H groups in total. The SMILES string of the molecule is CSc1ccc(Cl)c(C(=O)Nc2ccc(N3CCOCC3)nc2)c1. The molecule has 1 amide bonds. The van der Waals surface area contributed by atoms with Crippen LogP contribution >= 0.6 is 23.4 Å². The Morgan fingerprint density at radius 2 is 2.08 bits per heavy atom. The van der Waals surface area contributed by atoms with E-state index in [9.17, 15) is 4.79 Å². The second-order valence-corrected chi connectivity index (χ2v) is 6.59. The van der Waals surface area contributed by atoms with Crippen molar-refractivity contribution in [2.45, 2.75) is 4.90 Å². The quantitative estimate of drug-likeness (QED) is 0.842. The molecular weight excluding hydrogens is 346 g/mol. The summed E-state index contributed by atoms with van der Waals surface area (Å²) in [6.45, 7) is 3.08. The highest BCUT2D eigenvalue weighted by molar-refractivity contribution is 7.98. The lowest BCUT2D eigenvalue weighted by Crippen LogP contribution is -2.36. The van der Waals surface area contributed by atoms with Crippen LogP contribution in [0.1, 0.15) is 10.4 Å². The molecule has 7 heteroatoms. The fraction of sp³-hybridized carbons (Fsp3) is 0.294. The van der Waals surface area contributed by atoms with Crippen LogP contribution in [0.15, 0.2) is 41.4 Å². The Bertz CT molecular complexity index is 718. The minimum Gasteiger partial charge on any atom is -0.378 e. The predicted octanol–water partition coefficient (Wildman–Crippen LogP) is 3.55. The molecular formula is C17H18ClN3O2S. The number of pyridine rings is 1. The van der Waals surface area contributed by atoms with Crippen molar-refractivity contribution in [3.8, 4) is 0 Å². The van der Waals surface area contributed by atoms with Crippen LogP contribution in [0.4, 0.5) is 11.5 Å². The number of rotatable bonds is 4. The summed E-state index contributed by atoms with van der Waals surface area (Å²) in [5.41, 5.74) is 1.10. The minimum atomic E-state index is -0.239. The first-order chi connectivity index (χ1) is 11.7. The van der Waals surface area contributed by atoms with Gasteiger partial charge in [-0.15, -0.1) is 11.8 Å². The number of halogens is 1. The first-order valence-corrected chi connectivity index (χ1v) is 9.21. The number of aromatic nitrogens is 1. The second-order valence-electron chi connectivity index (χ2n) is 5.30. The van der Waals surface area contributed by atoms with E-state index in [-0.39, 0.29) is 5.91 Å². The van der Waals surface area contributed by atoms with Gasteiger partial charge in [-0.25, -0.2) is 4.98 Å². The third kappa shape index (κ3) is 4.01. The zero-order chi connectivity index (χ0) is 16.9. The second kappa shape index (κ2) is 7.88. The molecule has 1 aliphatic heterocycles. The molecule has 0 radical (unpaired) electrons. The van der Waals surface area contributed by atoms with E-state index < -0.39 is 0 Å². The molecule has 2 heterocycles. The molecule has 1 aromatic carbocycles. The fourth-order valence-electron chi connectivity index (χ4n) is 2.44. The Kier molecular flexibility index (Phi) is 5.60. The number of hydrogen-bond acceptors (Lipinski definition) is 5. The van der Waals surface area contributed by atoms with Crippen LogP contribution < -0.4 is 10.2 Å². The van der Waals surface area contributed by atoms with E-state index in [1.807, 2.05) is 24.5 Å². The zero-order valence-electron chi connectivity index (χ0n) is 13.3. The highest BCUT2D eigenvalue weighted by atomic mass is 35.5. The van der Waals surface area contributed by atoms with Crippen LogP contribution in [-0.2, 0) is 4.74 Å². The number of benzene rings is 1. The first kappa shape index (κ1) is 17.1. The summed E-state index contributed by atoms with van der Waals surface area (Å²) in [6.07, 6.45) is 3.62. The lowest BCUT2D eigenvalue weighted by atomic mass is 10.2. The van der Waals surface area contributed by atoms with Crippen LogP contribution in [0.3, 0.4) is 0 Å². The molecule has 1 aliphatic rings. The van der Waals surface area contributed by atoms with E-state index in [0.29, 0.717) is 29.5 Å². The van der Waals surface area contributed by atoms with Crippen LogP contribution in [0.2, 0.25) is 5.02 Å². The maximum Gasteiger partial charge on any atom is 0.257 e. The molecule has 1 aromatic heterocycles. The Labute approximate surface area is 150 Å². The van der Waals surface area contributed by atoms with Gasteiger partial charge in [-0.2, -0.15) is 0 Å². The zero-order valence-corrected chi connectivity index (χ0v) is 14.9. The average Bonchev–Trinajstić information content (AvgIpc) is 2.63. The number of nitrogens with zero attached hydrogens (tertiary/aromatic N) is 2.